The first kappa shape index (κ1) is 21.4. The van der Waals surface area contributed by atoms with Crippen molar-refractivity contribution >= 4 is 0 Å². The monoisotopic (exact) mass is 492 g/mol. The number of hydrogen-bond donors (Lipinski definition) is 0. The Hall–Kier alpha value is 0.410. The molecule has 3 heteroatoms. The zero-order valence-electron chi connectivity index (χ0n) is 14.1. The van der Waals surface area contributed by atoms with Crippen LogP contribution in [0.4, 0.5) is 0 Å². The second-order valence-corrected chi connectivity index (χ2v) is 10.4. The van der Waals surface area contributed by atoms with Crippen LogP contribution >= 0.6 is 0 Å². The van der Waals surface area contributed by atoms with Crippen molar-refractivity contribution in [3.05, 3.63) is 40.1 Å². The Morgan fingerprint density at radius 1 is 0.714 bits per heavy atom. The van der Waals surface area contributed by atoms with E-state index in [2.05, 4.69) is 41.5 Å². The summed E-state index contributed by atoms with van der Waals surface area (Å²) in [6, 6.07) is 0. The molecule has 0 N–H and O–H groups in total. The van der Waals surface area contributed by atoms with Crippen LogP contribution in [-0.4, -0.2) is 0 Å². The van der Waals surface area contributed by atoms with Gasteiger partial charge in [-0.05, 0) is 0 Å². The molecular formula is C18H26Cl2Hf. The van der Waals surface area contributed by atoms with E-state index in [1.54, 1.807) is 33.4 Å². The molecule has 0 spiro atoms. The van der Waals surface area contributed by atoms with E-state index in [-0.39, 0.29) is 24.8 Å². The molecule has 0 saturated heterocycles. The fourth-order valence-corrected chi connectivity index (χ4v) is 10.1. The molecular weight excluding hydrogens is 466 g/mol. The summed E-state index contributed by atoms with van der Waals surface area (Å²) < 4.78 is 3.69. The number of halogens is 2. The Kier molecular flexibility index (Phi) is 9.06. The zero-order chi connectivity index (χ0) is 14.2. The van der Waals surface area contributed by atoms with E-state index in [1.165, 1.54) is 25.7 Å². The van der Waals surface area contributed by atoms with Gasteiger partial charge in [-0.3, -0.25) is 0 Å². The first-order chi connectivity index (χ1) is 8.99. The van der Waals surface area contributed by atoms with Gasteiger partial charge in [-0.15, -0.1) is 0 Å². The summed E-state index contributed by atoms with van der Waals surface area (Å²) in [5.41, 5.74) is 10.1. The quantitative estimate of drug-likeness (QED) is 0.482. The first-order valence-electron chi connectivity index (χ1n) is 7.54. The van der Waals surface area contributed by atoms with Gasteiger partial charge in [-0.1, -0.05) is 0 Å². The van der Waals surface area contributed by atoms with Gasteiger partial charge in [0.25, 0.3) is 0 Å². The minimum absolute atomic E-state index is 0. The van der Waals surface area contributed by atoms with Gasteiger partial charge < -0.3 is 24.8 Å². The van der Waals surface area contributed by atoms with E-state index in [0.717, 1.165) is 0 Å². The van der Waals surface area contributed by atoms with E-state index in [0.29, 0.717) is 0 Å². The van der Waals surface area contributed by atoms with Gasteiger partial charge in [0.15, 0.2) is 0 Å². The van der Waals surface area contributed by atoms with Gasteiger partial charge in [0.1, 0.15) is 0 Å². The van der Waals surface area contributed by atoms with Crippen LogP contribution in [0.25, 0.3) is 0 Å². The van der Waals surface area contributed by atoms with Crippen molar-refractivity contribution in [1.82, 2.24) is 0 Å². The van der Waals surface area contributed by atoms with Crippen LogP contribution in [0.2, 0.25) is 0 Å². The maximum absolute atomic E-state index is 2.37. The summed E-state index contributed by atoms with van der Waals surface area (Å²) in [6.07, 6.45) is 5.04. The van der Waals surface area contributed by atoms with Crippen LogP contribution < -0.4 is 24.8 Å². The smallest absolute Gasteiger partial charge is 1.00 e. The summed E-state index contributed by atoms with van der Waals surface area (Å²) in [6.45, 7) is 14.1. The average Bonchev–Trinajstić information content (AvgIpc) is 2.83. The minimum Gasteiger partial charge on any atom is -1.00 e. The molecule has 21 heavy (non-hydrogen) atoms. The summed E-state index contributed by atoms with van der Waals surface area (Å²) in [4.78, 5) is 0. The standard InChI is InChI=1S/2C9H13.2ClH.Hf/c2*1-4-9-5-7(2)8(3)6-9;;;/h2*4-5H2,1-3H3;2*1H;/q;;;;+2/p-2. The normalized spacial score (nSPS) is 18.2. The fraction of sp³-hybridized carbons (Fsp3) is 0.556. The zero-order valence-corrected chi connectivity index (χ0v) is 19.2. The van der Waals surface area contributed by atoms with Crippen LogP contribution in [0, 0.1) is 0 Å². The molecule has 0 saturated carbocycles. The first-order valence-corrected chi connectivity index (χ1v) is 11.1. The van der Waals surface area contributed by atoms with Gasteiger partial charge in [0.2, 0.25) is 0 Å². The topological polar surface area (TPSA) is 0 Å². The van der Waals surface area contributed by atoms with Gasteiger partial charge in [-0.2, -0.15) is 0 Å². The van der Waals surface area contributed by atoms with E-state index >= 15 is 0 Å². The maximum Gasteiger partial charge on any atom is -1.00 e. The van der Waals surface area contributed by atoms with Crippen LogP contribution in [0.1, 0.15) is 67.2 Å². The maximum atomic E-state index is 2.37. The summed E-state index contributed by atoms with van der Waals surface area (Å²) >= 11 is -0.846. The van der Waals surface area contributed by atoms with Crippen molar-refractivity contribution in [1.29, 1.82) is 0 Å². The Morgan fingerprint density at radius 2 is 1.05 bits per heavy atom. The average molecular weight is 492 g/mol. The van der Waals surface area contributed by atoms with Crippen LogP contribution in [0.15, 0.2) is 40.1 Å². The molecule has 0 amide bonds. The molecule has 0 aromatic carbocycles. The molecule has 0 aromatic heterocycles. The summed E-state index contributed by atoms with van der Waals surface area (Å²) in [7, 11) is 0. The second kappa shape index (κ2) is 8.89. The Balaban J connectivity index is 0.00000200. The van der Waals surface area contributed by atoms with Crippen LogP contribution in [0.3, 0.4) is 0 Å². The summed E-state index contributed by atoms with van der Waals surface area (Å²) in [5.74, 6) is 0. The Morgan fingerprint density at radius 3 is 1.33 bits per heavy atom. The van der Waals surface area contributed by atoms with Gasteiger partial charge in [0.05, 0.1) is 0 Å². The van der Waals surface area contributed by atoms with E-state index in [1.807, 2.05) is 6.66 Å². The molecule has 2 rings (SSSR count). The molecule has 2 aliphatic rings. The number of allylic oxidation sites excluding steroid dienone is 8. The van der Waals surface area contributed by atoms with Crippen molar-refractivity contribution in [3.8, 4) is 0 Å². The number of hydrogen-bond acceptors (Lipinski definition) is 0. The fourth-order valence-electron chi connectivity index (χ4n) is 3.13. The third-order valence-corrected chi connectivity index (χ3v) is 11.8. The SMILES string of the molecule is CCC1=[C]([Hf+2][C]2=C(CC)CC(C)=C2C)C(C)=C(C)C1.[Cl-].[Cl-]. The summed E-state index contributed by atoms with van der Waals surface area (Å²) in [5, 5.41) is 0. The molecule has 0 bridgehead atoms. The Labute approximate surface area is 154 Å². The molecule has 0 radical (unpaired) electrons. The third kappa shape index (κ3) is 4.24. The van der Waals surface area contributed by atoms with Crippen molar-refractivity contribution in [2.75, 3.05) is 0 Å². The molecule has 0 unspecified atom stereocenters. The largest absolute Gasteiger partial charge is 1.00 e. The Bertz CT molecular complexity index is 485. The molecule has 0 nitrogen and oxygen atoms in total. The molecule has 0 atom stereocenters. The molecule has 0 aliphatic heterocycles. The van der Waals surface area contributed by atoms with Crippen LogP contribution in [-0.2, 0) is 22.9 Å². The van der Waals surface area contributed by atoms with E-state index < -0.39 is 22.9 Å². The predicted molar refractivity (Wildman–Crippen MR) is 80.6 cm³/mol. The van der Waals surface area contributed by atoms with Crippen molar-refractivity contribution in [2.24, 2.45) is 0 Å². The molecule has 0 fully saturated rings. The van der Waals surface area contributed by atoms with Gasteiger partial charge >= 0.3 is 130 Å². The van der Waals surface area contributed by atoms with Gasteiger partial charge in [-0.25, -0.2) is 0 Å². The minimum atomic E-state index is -0.846. The van der Waals surface area contributed by atoms with Crippen molar-refractivity contribution in [2.45, 2.75) is 67.2 Å². The van der Waals surface area contributed by atoms with E-state index in [9.17, 15) is 0 Å². The third-order valence-electron chi connectivity index (χ3n) is 4.80. The van der Waals surface area contributed by atoms with Crippen molar-refractivity contribution < 1.29 is 47.7 Å². The molecule has 2 aliphatic carbocycles. The molecule has 0 aromatic rings. The second-order valence-electron chi connectivity index (χ2n) is 5.95. The number of rotatable bonds is 4. The van der Waals surface area contributed by atoms with Gasteiger partial charge in [0, 0.05) is 0 Å². The van der Waals surface area contributed by atoms with Crippen LogP contribution in [0.5, 0.6) is 0 Å². The van der Waals surface area contributed by atoms with E-state index in [4.69, 9.17) is 0 Å². The van der Waals surface area contributed by atoms with Crippen molar-refractivity contribution in [3.63, 3.8) is 0 Å². The molecule has 0 heterocycles. The molecule has 116 valence electrons. The predicted octanol–water partition coefficient (Wildman–Crippen LogP) is -0.115.